The van der Waals surface area contributed by atoms with Crippen LogP contribution < -0.4 is 5.48 Å². The van der Waals surface area contributed by atoms with Crippen molar-refractivity contribution in [3.8, 4) is 0 Å². The van der Waals surface area contributed by atoms with Crippen molar-refractivity contribution >= 4 is 33.4 Å². The summed E-state index contributed by atoms with van der Waals surface area (Å²) in [5.41, 5.74) is 2.55. The van der Waals surface area contributed by atoms with Gasteiger partial charge in [-0.2, -0.15) is 0 Å². The number of pyridine rings is 1. The van der Waals surface area contributed by atoms with E-state index in [4.69, 9.17) is 11.6 Å². The molecule has 4 nitrogen and oxygen atoms in total. The first-order valence-corrected chi connectivity index (χ1v) is 4.46. The average Bonchev–Trinajstić information content (AvgIpc) is 2.09. The molecule has 1 aromatic rings. The Kier molecular flexibility index (Phi) is 3.65. The van der Waals surface area contributed by atoms with Crippen molar-refractivity contribution < 1.29 is 9.63 Å². The van der Waals surface area contributed by atoms with Gasteiger partial charge < -0.3 is 0 Å². The van der Waals surface area contributed by atoms with Crippen molar-refractivity contribution in [3.05, 3.63) is 27.5 Å². The zero-order chi connectivity index (χ0) is 9.84. The van der Waals surface area contributed by atoms with E-state index in [1.54, 1.807) is 0 Å². The maximum absolute atomic E-state index is 11.3. The van der Waals surface area contributed by atoms with E-state index in [0.29, 0.717) is 10.0 Å². The Morgan fingerprint density at radius 2 is 2.46 bits per heavy atom. The van der Waals surface area contributed by atoms with Gasteiger partial charge in [0.2, 0.25) is 0 Å². The number of hydrogen-bond acceptors (Lipinski definition) is 3. The molecule has 0 spiro atoms. The van der Waals surface area contributed by atoms with Gasteiger partial charge in [0.25, 0.3) is 5.91 Å². The monoisotopic (exact) mass is 264 g/mol. The molecule has 70 valence electrons. The van der Waals surface area contributed by atoms with E-state index in [0.717, 1.165) is 0 Å². The number of carbonyl (C=O) groups excluding carboxylic acids is 1. The number of aromatic nitrogens is 1. The second kappa shape index (κ2) is 4.55. The molecule has 6 heteroatoms. The third-order valence-corrected chi connectivity index (χ3v) is 2.10. The minimum absolute atomic E-state index is 0.254. The van der Waals surface area contributed by atoms with Crippen LogP contribution in [0.2, 0.25) is 5.15 Å². The Morgan fingerprint density at radius 1 is 1.77 bits per heavy atom. The van der Waals surface area contributed by atoms with Crippen LogP contribution in [0.3, 0.4) is 0 Å². The molecule has 1 aromatic heterocycles. The van der Waals surface area contributed by atoms with Crippen molar-refractivity contribution in [2.45, 2.75) is 0 Å². The molecule has 0 aliphatic carbocycles. The number of hydrogen-bond donors (Lipinski definition) is 1. The summed E-state index contributed by atoms with van der Waals surface area (Å²) < 4.78 is 0.562. The number of hydroxylamine groups is 1. The van der Waals surface area contributed by atoms with Crippen molar-refractivity contribution in [1.82, 2.24) is 10.5 Å². The fourth-order valence-corrected chi connectivity index (χ4v) is 1.29. The molecule has 13 heavy (non-hydrogen) atoms. The van der Waals surface area contributed by atoms with Crippen LogP contribution in [-0.4, -0.2) is 18.0 Å². The molecule has 1 heterocycles. The van der Waals surface area contributed by atoms with E-state index in [1.165, 1.54) is 19.4 Å². The van der Waals surface area contributed by atoms with Crippen LogP contribution in [0, 0.1) is 0 Å². The normalized spacial score (nSPS) is 9.77. The lowest BCUT2D eigenvalue weighted by Crippen LogP contribution is -2.22. The molecule has 0 radical (unpaired) electrons. The van der Waals surface area contributed by atoms with Crippen molar-refractivity contribution in [2.75, 3.05) is 7.11 Å². The zero-order valence-corrected chi connectivity index (χ0v) is 9.02. The highest BCUT2D eigenvalue weighted by Gasteiger charge is 2.10. The Hall–Kier alpha value is -0.650. The first kappa shape index (κ1) is 10.4. The fourth-order valence-electron chi connectivity index (χ4n) is 0.735. The Bertz CT molecular complexity index is 332. The van der Waals surface area contributed by atoms with E-state index in [-0.39, 0.29) is 11.1 Å². The minimum atomic E-state index is -0.376. The molecule has 1 N–H and O–H groups in total. The summed E-state index contributed by atoms with van der Waals surface area (Å²) in [5, 5.41) is 0.254. The van der Waals surface area contributed by atoms with Crippen LogP contribution in [0.1, 0.15) is 10.4 Å². The second-order valence-corrected chi connectivity index (χ2v) is 3.36. The molecular weight excluding hydrogens is 259 g/mol. The third-order valence-electron chi connectivity index (χ3n) is 1.26. The van der Waals surface area contributed by atoms with Gasteiger partial charge in [-0.05, 0) is 22.0 Å². The van der Waals surface area contributed by atoms with Crippen LogP contribution in [0.25, 0.3) is 0 Å². The lowest BCUT2D eigenvalue weighted by Gasteiger charge is -2.03. The van der Waals surface area contributed by atoms with Gasteiger partial charge in [0.1, 0.15) is 5.15 Å². The number of amides is 1. The van der Waals surface area contributed by atoms with Gasteiger partial charge in [0, 0.05) is 10.7 Å². The predicted octanol–water partition coefficient (Wildman–Crippen LogP) is 1.79. The van der Waals surface area contributed by atoms with Gasteiger partial charge in [-0.15, -0.1) is 0 Å². The van der Waals surface area contributed by atoms with Crippen molar-refractivity contribution in [3.63, 3.8) is 0 Å². The lowest BCUT2D eigenvalue weighted by molar-refractivity contribution is 0.0536. The first-order chi connectivity index (χ1) is 6.15. The molecule has 0 aromatic carbocycles. The molecule has 0 unspecified atom stereocenters. The summed E-state index contributed by atoms with van der Waals surface area (Å²) in [6.45, 7) is 0. The maximum Gasteiger partial charge on any atom is 0.276 e. The fraction of sp³-hybridized carbons (Fsp3) is 0.143. The number of carbonyl (C=O) groups is 1. The second-order valence-electron chi connectivity index (χ2n) is 2.12. The zero-order valence-electron chi connectivity index (χ0n) is 6.67. The van der Waals surface area contributed by atoms with Gasteiger partial charge >= 0.3 is 0 Å². The average molecular weight is 265 g/mol. The highest BCUT2D eigenvalue weighted by molar-refractivity contribution is 9.10. The number of nitrogens with one attached hydrogen (secondary N) is 1. The summed E-state index contributed by atoms with van der Waals surface area (Å²) >= 11 is 8.77. The van der Waals surface area contributed by atoms with Crippen LogP contribution >= 0.6 is 27.5 Å². The predicted molar refractivity (Wildman–Crippen MR) is 51.4 cm³/mol. The van der Waals surface area contributed by atoms with Crippen molar-refractivity contribution in [1.29, 1.82) is 0 Å². The smallest absolute Gasteiger partial charge is 0.276 e. The van der Waals surface area contributed by atoms with E-state index in [9.17, 15) is 4.79 Å². The van der Waals surface area contributed by atoms with Crippen LogP contribution in [0.15, 0.2) is 16.7 Å². The summed E-state index contributed by atoms with van der Waals surface area (Å²) in [6.07, 6.45) is 1.45. The van der Waals surface area contributed by atoms with Gasteiger partial charge in [-0.3, -0.25) is 9.63 Å². The van der Waals surface area contributed by atoms with E-state index < -0.39 is 0 Å². The van der Waals surface area contributed by atoms with E-state index in [2.05, 4.69) is 31.2 Å². The molecule has 1 amide bonds. The summed E-state index contributed by atoms with van der Waals surface area (Å²) in [5.74, 6) is -0.376. The molecule has 0 saturated carbocycles. The number of nitrogens with zero attached hydrogens (tertiary/aromatic N) is 1. The Labute approximate surface area is 88.3 Å². The largest absolute Gasteiger partial charge is 0.277 e. The first-order valence-electron chi connectivity index (χ1n) is 3.29. The number of halogens is 2. The molecule has 0 aliphatic heterocycles. The van der Waals surface area contributed by atoms with Gasteiger partial charge in [-0.25, -0.2) is 10.5 Å². The quantitative estimate of drug-likeness (QED) is 0.655. The highest BCUT2D eigenvalue weighted by Crippen LogP contribution is 2.18. The SMILES string of the molecule is CONC(=O)c1cc(Cl)ncc1Br. The Balaban J connectivity index is 2.99. The molecule has 0 aliphatic rings. The molecule has 0 bridgehead atoms. The molecule has 0 atom stereocenters. The highest BCUT2D eigenvalue weighted by atomic mass is 79.9. The topological polar surface area (TPSA) is 51.2 Å². The molecule has 1 rings (SSSR count). The molecular formula is C7H6BrClN2O2. The van der Waals surface area contributed by atoms with Crippen LogP contribution in [0.4, 0.5) is 0 Å². The van der Waals surface area contributed by atoms with E-state index >= 15 is 0 Å². The van der Waals surface area contributed by atoms with Crippen molar-refractivity contribution in [2.24, 2.45) is 0 Å². The van der Waals surface area contributed by atoms with Gasteiger partial charge in [0.15, 0.2) is 0 Å². The molecule has 0 fully saturated rings. The number of rotatable bonds is 2. The molecule has 0 saturated heterocycles. The third kappa shape index (κ3) is 2.65. The summed E-state index contributed by atoms with van der Waals surface area (Å²) in [6, 6.07) is 1.44. The lowest BCUT2D eigenvalue weighted by atomic mass is 10.2. The van der Waals surface area contributed by atoms with Crippen LogP contribution in [0.5, 0.6) is 0 Å². The van der Waals surface area contributed by atoms with E-state index in [1.807, 2.05) is 0 Å². The summed E-state index contributed by atoms with van der Waals surface area (Å²) in [4.78, 5) is 19.5. The Morgan fingerprint density at radius 3 is 3.08 bits per heavy atom. The minimum Gasteiger partial charge on any atom is -0.277 e. The van der Waals surface area contributed by atoms with Crippen LogP contribution in [-0.2, 0) is 4.84 Å². The maximum atomic E-state index is 11.3. The standard InChI is InChI=1S/C7H6BrClN2O2/c1-13-11-7(12)4-2-6(9)10-3-5(4)8/h2-3H,1H3,(H,11,12). The van der Waals surface area contributed by atoms with Gasteiger partial charge in [-0.1, -0.05) is 11.6 Å². The summed E-state index contributed by atoms with van der Waals surface area (Å²) in [7, 11) is 1.36. The van der Waals surface area contributed by atoms with Gasteiger partial charge in [0.05, 0.1) is 12.7 Å².